The molecule has 4 N–H and O–H groups in total. The zero-order valence-electron chi connectivity index (χ0n) is 24.2. The van der Waals surface area contributed by atoms with Crippen LogP contribution in [0, 0.1) is 5.41 Å². The highest BCUT2D eigenvalue weighted by molar-refractivity contribution is 6.00. The number of hydrogen-bond acceptors (Lipinski definition) is 8. The van der Waals surface area contributed by atoms with E-state index >= 15 is 0 Å². The van der Waals surface area contributed by atoms with E-state index in [9.17, 15) is 14.7 Å². The number of nitrogens with zero attached hydrogens (tertiary/aromatic N) is 3. The van der Waals surface area contributed by atoms with Gasteiger partial charge in [-0.1, -0.05) is 6.92 Å². The fourth-order valence-electron chi connectivity index (χ4n) is 6.25. The Morgan fingerprint density at radius 1 is 1.17 bits per heavy atom. The molecule has 3 heterocycles. The number of aliphatic hydroxyl groups is 1. The summed E-state index contributed by atoms with van der Waals surface area (Å²) in [5.41, 5.74) is 7.49. The molecule has 1 atom stereocenters. The molecular formula is C31H39N5O6. The van der Waals surface area contributed by atoms with Gasteiger partial charge in [-0.15, -0.1) is 0 Å². The van der Waals surface area contributed by atoms with Crippen LogP contribution in [0.2, 0.25) is 0 Å². The van der Waals surface area contributed by atoms with Gasteiger partial charge < -0.3 is 35.3 Å². The minimum absolute atomic E-state index is 0.0109. The number of fused-ring (bicyclic) bond motifs is 1. The maximum Gasteiger partial charge on any atom is 0.255 e. The van der Waals surface area contributed by atoms with Gasteiger partial charge >= 0.3 is 0 Å². The third-order valence-corrected chi connectivity index (χ3v) is 8.96. The molecule has 3 fully saturated rings. The number of nitrogens with two attached hydrogens (primary N) is 1. The number of rotatable bonds is 10. The maximum absolute atomic E-state index is 13.1. The first-order chi connectivity index (χ1) is 20.1. The molecule has 2 aliphatic carbocycles. The van der Waals surface area contributed by atoms with E-state index in [1.54, 1.807) is 36.0 Å². The first-order valence-corrected chi connectivity index (χ1v) is 14.7. The fraction of sp³-hybridized carbons (Fsp3) is 0.516. The number of nitrogens with one attached hydrogen (secondary N) is 1. The van der Waals surface area contributed by atoms with Crippen LogP contribution in [-0.2, 0) is 4.74 Å². The van der Waals surface area contributed by atoms with Crippen molar-refractivity contribution in [2.24, 2.45) is 11.1 Å². The van der Waals surface area contributed by atoms with Crippen molar-refractivity contribution in [1.29, 1.82) is 0 Å². The van der Waals surface area contributed by atoms with Gasteiger partial charge in [0.2, 0.25) is 0 Å². The van der Waals surface area contributed by atoms with Gasteiger partial charge in [-0.3, -0.25) is 9.59 Å². The summed E-state index contributed by atoms with van der Waals surface area (Å²) in [4.78, 5) is 27.4. The van der Waals surface area contributed by atoms with E-state index in [-0.39, 0.29) is 30.1 Å². The minimum Gasteiger partial charge on any atom is -0.489 e. The van der Waals surface area contributed by atoms with E-state index in [0.29, 0.717) is 47.8 Å². The van der Waals surface area contributed by atoms with E-state index in [1.807, 2.05) is 25.1 Å². The Labute approximate surface area is 244 Å². The van der Waals surface area contributed by atoms with Crippen LogP contribution in [0.5, 0.6) is 11.5 Å². The number of carbonyl (C=O) groups excluding carboxylic acids is 2. The van der Waals surface area contributed by atoms with E-state index in [4.69, 9.17) is 19.9 Å². The molecule has 42 heavy (non-hydrogen) atoms. The van der Waals surface area contributed by atoms with Crippen LogP contribution in [0.3, 0.4) is 0 Å². The lowest BCUT2D eigenvalue weighted by molar-refractivity contribution is -0.0834. The van der Waals surface area contributed by atoms with Crippen molar-refractivity contribution in [3.63, 3.8) is 0 Å². The smallest absolute Gasteiger partial charge is 0.255 e. The van der Waals surface area contributed by atoms with E-state index in [2.05, 4.69) is 15.3 Å². The third-order valence-electron chi connectivity index (χ3n) is 8.96. The molecule has 2 saturated carbocycles. The molecule has 1 aliphatic heterocycles. The molecule has 6 rings (SSSR count). The average molecular weight is 578 g/mol. The second kappa shape index (κ2) is 11.1. The van der Waals surface area contributed by atoms with Crippen LogP contribution < -0.4 is 25.4 Å². The maximum atomic E-state index is 13.1. The van der Waals surface area contributed by atoms with Gasteiger partial charge in [0.15, 0.2) is 0 Å². The van der Waals surface area contributed by atoms with Crippen molar-refractivity contribution in [3.05, 3.63) is 53.9 Å². The van der Waals surface area contributed by atoms with Gasteiger partial charge in [-0.2, -0.15) is 5.10 Å². The Morgan fingerprint density at radius 3 is 2.64 bits per heavy atom. The molecule has 224 valence electrons. The molecule has 1 aromatic carbocycles. The van der Waals surface area contributed by atoms with Gasteiger partial charge in [0.25, 0.3) is 11.8 Å². The molecule has 0 bridgehead atoms. The monoisotopic (exact) mass is 577 g/mol. The Morgan fingerprint density at radius 2 is 1.93 bits per heavy atom. The molecule has 1 saturated heterocycles. The quantitative estimate of drug-likeness (QED) is 0.334. The summed E-state index contributed by atoms with van der Waals surface area (Å²) in [5.74, 6) is 0.461. The second-order valence-electron chi connectivity index (χ2n) is 12.3. The predicted octanol–water partition coefficient (Wildman–Crippen LogP) is 2.93. The molecule has 2 aromatic heterocycles. The summed E-state index contributed by atoms with van der Waals surface area (Å²) in [7, 11) is 0. The lowest BCUT2D eigenvalue weighted by atomic mass is 9.53. The van der Waals surface area contributed by atoms with Crippen molar-refractivity contribution in [3.8, 4) is 11.5 Å². The zero-order chi connectivity index (χ0) is 29.5. The summed E-state index contributed by atoms with van der Waals surface area (Å²) >= 11 is 0. The van der Waals surface area contributed by atoms with Crippen LogP contribution in [-0.4, -0.2) is 77.2 Å². The van der Waals surface area contributed by atoms with Gasteiger partial charge in [0.05, 0.1) is 54.0 Å². The standard InChI is InChI=1S/C31H39N5O6/c1-3-30(2,39)19-41-22-5-7-26-25(17-33-36(26)18-22)29(38)34-20-13-31(14-20)15-23(16-31)42-27-12-21(4-6-24(27)28(32)37)35-8-10-40-11-9-35/h4-7,12,17-18,20,23,39H,3,8-11,13-16,19H2,1-2H3,(H2,32,37)(H,34,38). The van der Waals surface area contributed by atoms with Gasteiger partial charge in [-0.05, 0) is 68.7 Å². The molecule has 0 radical (unpaired) electrons. The Kier molecular flexibility index (Phi) is 7.48. The molecule has 3 aliphatic rings. The lowest BCUT2D eigenvalue weighted by Gasteiger charge is -2.57. The largest absolute Gasteiger partial charge is 0.489 e. The number of carbonyl (C=O) groups is 2. The number of benzene rings is 1. The highest BCUT2D eigenvalue weighted by Gasteiger charge is 2.54. The molecule has 1 unspecified atom stereocenters. The van der Waals surface area contributed by atoms with Crippen LogP contribution in [0.15, 0.2) is 42.7 Å². The summed E-state index contributed by atoms with van der Waals surface area (Å²) in [6.07, 6.45) is 7.42. The Balaban J connectivity index is 1.01. The Bertz CT molecular complexity index is 1470. The van der Waals surface area contributed by atoms with Gasteiger partial charge in [-0.25, -0.2) is 4.52 Å². The lowest BCUT2D eigenvalue weighted by Crippen LogP contribution is -2.58. The van der Waals surface area contributed by atoms with E-state index in [0.717, 1.165) is 44.5 Å². The summed E-state index contributed by atoms with van der Waals surface area (Å²) in [6.45, 7) is 6.74. The minimum atomic E-state index is -0.905. The molecule has 1 spiro atoms. The van der Waals surface area contributed by atoms with Gasteiger partial charge in [0.1, 0.15) is 18.1 Å². The highest BCUT2D eigenvalue weighted by Crippen LogP contribution is 2.57. The summed E-state index contributed by atoms with van der Waals surface area (Å²) in [5, 5.41) is 17.7. The van der Waals surface area contributed by atoms with Crippen LogP contribution in [0.25, 0.3) is 5.52 Å². The first kappa shape index (κ1) is 28.3. The van der Waals surface area contributed by atoms with Crippen LogP contribution >= 0.6 is 0 Å². The fourth-order valence-corrected chi connectivity index (χ4v) is 6.25. The van der Waals surface area contributed by atoms with Crippen molar-refractivity contribution in [1.82, 2.24) is 14.9 Å². The van der Waals surface area contributed by atoms with Gasteiger partial charge in [0, 0.05) is 30.9 Å². The van der Waals surface area contributed by atoms with Crippen molar-refractivity contribution >= 4 is 23.0 Å². The molecule has 11 nitrogen and oxygen atoms in total. The second-order valence-corrected chi connectivity index (χ2v) is 12.3. The average Bonchev–Trinajstić information content (AvgIpc) is 3.37. The number of anilines is 1. The number of amides is 2. The third kappa shape index (κ3) is 5.76. The van der Waals surface area contributed by atoms with Crippen molar-refractivity contribution < 1.29 is 28.9 Å². The van der Waals surface area contributed by atoms with Crippen LogP contribution in [0.1, 0.15) is 66.7 Å². The van der Waals surface area contributed by atoms with E-state index < -0.39 is 11.5 Å². The summed E-state index contributed by atoms with van der Waals surface area (Å²) < 4.78 is 19.1. The zero-order valence-corrected chi connectivity index (χ0v) is 24.2. The highest BCUT2D eigenvalue weighted by atomic mass is 16.5. The number of morpholine rings is 1. The number of aromatic nitrogens is 2. The summed E-state index contributed by atoms with van der Waals surface area (Å²) in [6, 6.07) is 9.26. The number of ether oxygens (including phenoxy) is 3. The molecule has 11 heteroatoms. The first-order valence-electron chi connectivity index (χ1n) is 14.7. The molecule has 3 aromatic rings. The Hall–Kier alpha value is -3.83. The normalized spacial score (nSPS) is 24.9. The number of pyridine rings is 1. The van der Waals surface area contributed by atoms with Crippen molar-refractivity contribution in [2.45, 2.75) is 63.7 Å². The number of primary amides is 1. The number of hydrogen-bond donors (Lipinski definition) is 3. The predicted molar refractivity (Wildman–Crippen MR) is 156 cm³/mol. The molecule has 2 amide bonds. The topological polar surface area (TPSA) is 141 Å². The van der Waals surface area contributed by atoms with E-state index in [1.165, 1.54) is 0 Å². The van der Waals surface area contributed by atoms with Crippen molar-refractivity contribution in [2.75, 3.05) is 37.8 Å². The van der Waals surface area contributed by atoms with Crippen LogP contribution in [0.4, 0.5) is 5.69 Å². The SMILES string of the molecule is CCC(C)(O)COc1ccc2c(C(=O)NC3CC4(C3)CC(Oc3cc(N5CCOCC5)ccc3C(N)=O)C4)cnn2c1. The molecular weight excluding hydrogens is 538 g/mol.